The Kier molecular flexibility index (Phi) is 5.46. The van der Waals surface area contributed by atoms with Gasteiger partial charge >= 0.3 is 0 Å². The van der Waals surface area contributed by atoms with Crippen LogP contribution < -0.4 is 14.8 Å². The van der Waals surface area contributed by atoms with Crippen LogP contribution in [0.3, 0.4) is 0 Å². The largest absolute Gasteiger partial charge is 0.504 e. The molecule has 2 heterocycles. The molecule has 1 aliphatic rings. The highest BCUT2D eigenvalue weighted by Gasteiger charge is 2.28. The average Bonchev–Trinajstić information content (AvgIpc) is 2.88. The molecule has 0 amide bonds. The molecule has 1 atom stereocenters. The summed E-state index contributed by atoms with van der Waals surface area (Å²) < 4.78 is 11.4. The van der Waals surface area contributed by atoms with E-state index in [0.29, 0.717) is 33.1 Å². The van der Waals surface area contributed by atoms with Gasteiger partial charge in [0.05, 0.1) is 12.1 Å². The number of thioether (sulfide) groups is 1. The maximum atomic E-state index is 9.99. The summed E-state index contributed by atoms with van der Waals surface area (Å²) >= 11 is 7.81. The van der Waals surface area contributed by atoms with Crippen LogP contribution in [-0.4, -0.2) is 33.2 Å². The van der Waals surface area contributed by atoms with Crippen LogP contribution in [0.1, 0.15) is 11.8 Å². The third kappa shape index (κ3) is 3.81. The second-order valence-corrected chi connectivity index (χ2v) is 7.48. The highest BCUT2D eigenvalue weighted by atomic mass is 35.5. The van der Waals surface area contributed by atoms with Gasteiger partial charge in [-0.3, -0.25) is 0 Å². The van der Waals surface area contributed by atoms with Crippen molar-refractivity contribution >= 4 is 29.1 Å². The summed E-state index contributed by atoms with van der Waals surface area (Å²) in [5, 5.41) is 22.7. The van der Waals surface area contributed by atoms with E-state index in [0.717, 1.165) is 11.3 Å². The second kappa shape index (κ2) is 8.18. The summed E-state index contributed by atoms with van der Waals surface area (Å²) in [6.45, 7) is 3.71. The third-order valence-electron chi connectivity index (χ3n) is 4.24. The molecule has 29 heavy (non-hydrogen) atoms. The lowest BCUT2D eigenvalue weighted by molar-refractivity contribution is 0.224. The molecule has 0 saturated carbocycles. The Labute approximate surface area is 176 Å². The first-order valence-electron chi connectivity index (χ1n) is 8.68. The van der Waals surface area contributed by atoms with Gasteiger partial charge in [-0.2, -0.15) is 4.98 Å². The molecule has 3 aromatic rings. The highest BCUT2D eigenvalue weighted by Crippen LogP contribution is 2.42. The van der Waals surface area contributed by atoms with Crippen molar-refractivity contribution in [3.63, 3.8) is 0 Å². The molecule has 7 nitrogen and oxygen atoms in total. The molecule has 0 unspecified atom stereocenters. The number of phenolic OH excluding ortho intramolecular Hbond substituents is 1. The van der Waals surface area contributed by atoms with Gasteiger partial charge in [0, 0.05) is 28.6 Å². The molecule has 0 fully saturated rings. The number of aromatic hydroxyl groups is 1. The van der Waals surface area contributed by atoms with Gasteiger partial charge in [0.25, 0.3) is 0 Å². The van der Waals surface area contributed by atoms with Crippen LogP contribution in [0.4, 0.5) is 5.69 Å². The Morgan fingerprint density at radius 1 is 1.34 bits per heavy atom. The SMILES string of the molecule is C=CCSc1nnc2c(n1)O[C@@H](c1cc(OC)c(O)cc1Cl)Nc1ccccc1-2. The van der Waals surface area contributed by atoms with E-state index in [1.54, 1.807) is 12.1 Å². The van der Waals surface area contributed by atoms with Crippen LogP contribution in [0.15, 0.2) is 54.2 Å². The summed E-state index contributed by atoms with van der Waals surface area (Å²) in [7, 11) is 1.47. The number of hydrogen-bond acceptors (Lipinski definition) is 8. The number of anilines is 1. The monoisotopic (exact) mass is 428 g/mol. The van der Waals surface area contributed by atoms with Crippen molar-refractivity contribution in [2.24, 2.45) is 0 Å². The molecule has 0 saturated heterocycles. The Morgan fingerprint density at radius 3 is 2.97 bits per heavy atom. The van der Waals surface area contributed by atoms with Gasteiger partial charge in [0.15, 0.2) is 23.4 Å². The number of nitrogens with one attached hydrogen (secondary N) is 1. The van der Waals surface area contributed by atoms with Gasteiger partial charge in [-0.1, -0.05) is 47.6 Å². The maximum Gasteiger partial charge on any atom is 0.247 e. The zero-order chi connectivity index (χ0) is 20.4. The predicted octanol–water partition coefficient (Wildman–Crippen LogP) is 4.69. The number of halogens is 1. The number of aromatic nitrogens is 3. The van der Waals surface area contributed by atoms with E-state index in [4.69, 9.17) is 21.1 Å². The van der Waals surface area contributed by atoms with E-state index < -0.39 is 6.23 Å². The normalized spacial score (nSPS) is 14.6. The Morgan fingerprint density at radius 2 is 2.17 bits per heavy atom. The van der Waals surface area contributed by atoms with Gasteiger partial charge < -0.3 is 19.9 Å². The number of phenols is 1. The fourth-order valence-electron chi connectivity index (χ4n) is 2.91. The molecule has 0 aliphatic carbocycles. The number of para-hydroxylation sites is 1. The van der Waals surface area contributed by atoms with Crippen LogP contribution >= 0.6 is 23.4 Å². The van der Waals surface area contributed by atoms with Crippen molar-refractivity contribution in [1.29, 1.82) is 0 Å². The Balaban J connectivity index is 1.83. The number of benzene rings is 2. The maximum absolute atomic E-state index is 9.99. The molecule has 2 N–H and O–H groups in total. The fraction of sp³-hybridized carbons (Fsp3) is 0.150. The topological polar surface area (TPSA) is 89.4 Å². The first-order chi connectivity index (χ1) is 14.1. The standard InChI is InChI=1S/C20H17ClN4O3S/c1-3-8-29-20-23-19-17(24-25-20)11-6-4-5-7-14(11)22-18(28-19)12-9-16(27-2)15(26)10-13(12)21/h3-7,9-10,18,22,26H,1,8H2,2H3/t18-/m0/s1. The summed E-state index contributed by atoms with van der Waals surface area (Å²) in [4.78, 5) is 4.53. The summed E-state index contributed by atoms with van der Waals surface area (Å²) in [5.41, 5.74) is 2.72. The first-order valence-corrected chi connectivity index (χ1v) is 10.0. The minimum Gasteiger partial charge on any atom is -0.504 e. The molecule has 9 heteroatoms. The smallest absolute Gasteiger partial charge is 0.247 e. The molecule has 1 aliphatic heterocycles. The minimum atomic E-state index is -0.687. The van der Waals surface area contributed by atoms with Crippen LogP contribution in [-0.2, 0) is 0 Å². The number of fused-ring (bicyclic) bond motifs is 3. The van der Waals surface area contributed by atoms with Gasteiger partial charge in [-0.05, 0) is 12.1 Å². The zero-order valence-corrected chi connectivity index (χ0v) is 17.0. The van der Waals surface area contributed by atoms with E-state index in [9.17, 15) is 5.11 Å². The fourth-order valence-corrected chi connectivity index (χ4v) is 3.68. The lowest BCUT2D eigenvalue weighted by Gasteiger charge is -2.21. The molecule has 2 aromatic carbocycles. The van der Waals surface area contributed by atoms with Crippen molar-refractivity contribution in [2.75, 3.05) is 18.2 Å². The molecular weight excluding hydrogens is 412 g/mol. The van der Waals surface area contributed by atoms with E-state index in [-0.39, 0.29) is 11.5 Å². The van der Waals surface area contributed by atoms with Crippen LogP contribution in [0.5, 0.6) is 17.4 Å². The second-order valence-electron chi connectivity index (χ2n) is 6.08. The molecule has 148 valence electrons. The van der Waals surface area contributed by atoms with Gasteiger partial charge in [-0.25, -0.2) is 0 Å². The van der Waals surface area contributed by atoms with E-state index in [1.165, 1.54) is 24.9 Å². The van der Waals surface area contributed by atoms with Gasteiger partial charge in [-0.15, -0.1) is 16.8 Å². The Hall–Kier alpha value is -2.97. The zero-order valence-electron chi connectivity index (χ0n) is 15.4. The van der Waals surface area contributed by atoms with Gasteiger partial charge in [0.2, 0.25) is 11.0 Å². The number of hydrogen-bond donors (Lipinski definition) is 2. The van der Waals surface area contributed by atoms with Crippen molar-refractivity contribution in [2.45, 2.75) is 11.4 Å². The molecule has 1 aromatic heterocycles. The molecular formula is C20H17ClN4O3S. The van der Waals surface area contributed by atoms with Crippen molar-refractivity contribution in [3.05, 3.63) is 59.6 Å². The number of nitrogens with zero attached hydrogens (tertiary/aromatic N) is 3. The number of rotatable bonds is 5. The molecule has 0 spiro atoms. The van der Waals surface area contributed by atoms with E-state index in [2.05, 4.69) is 27.1 Å². The minimum absolute atomic E-state index is 0.0530. The van der Waals surface area contributed by atoms with E-state index >= 15 is 0 Å². The average molecular weight is 429 g/mol. The lowest BCUT2D eigenvalue weighted by atomic mass is 10.1. The van der Waals surface area contributed by atoms with Crippen LogP contribution in [0.25, 0.3) is 11.3 Å². The van der Waals surface area contributed by atoms with Crippen LogP contribution in [0, 0.1) is 0 Å². The van der Waals surface area contributed by atoms with Crippen molar-refractivity contribution < 1.29 is 14.6 Å². The predicted molar refractivity (Wildman–Crippen MR) is 113 cm³/mol. The summed E-state index contributed by atoms with van der Waals surface area (Å²) in [6.07, 6.45) is 1.08. The lowest BCUT2D eigenvalue weighted by Crippen LogP contribution is -2.17. The van der Waals surface area contributed by atoms with Crippen molar-refractivity contribution in [1.82, 2.24) is 15.2 Å². The third-order valence-corrected chi connectivity index (χ3v) is 5.41. The van der Waals surface area contributed by atoms with Crippen LogP contribution in [0.2, 0.25) is 5.02 Å². The van der Waals surface area contributed by atoms with Gasteiger partial charge in [0.1, 0.15) is 0 Å². The molecule has 0 bridgehead atoms. The molecule has 4 rings (SSSR count). The molecule has 0 radical (unpaired) electrons. The summed E-state index contributed by atoms with van der Waals surface area (Å²) in [6, 6.07) is 10.7. The quantitative estimate of drug-likeness (QED) is 0.447. The highest BCUT2D eigenvalue weighted by molar-refractivity contribution is 7.99. The Bertz CT molecular complexity index is 1080. The first kappa shape index (κ1) is 19.4. The van der Waals surface area contributed by atoms with Crippen molar-refractivity contribution in [3.8, 4) is 28.6 Å². The number of ether oxygens (including phenoxy) is 2. The summed E-state index contributed by atoms with van der Waals surface area (Å²) in [5.74, 6) is 1.22. The number of methoxy groups -OCH3 is 1. The van der Waals surface area contributed by atoms with E-state index in [1.807, 2.05) is 24.3 Å².